The summed E-state index contributed by atoms with van der Waals surface area (Å²) < 4.78 is 5.45. The number of piperidine rings is 1. The molecule has 2 fully saturated rings. The van der Waals surface area contributed by atoms with E-state index in [0.717, 1.165) is 45.6 Å². The van der Waals surface area contributed by atoms with E-state index in [-0.39, 0.29) is 17.9 Å². The van der Waals surface area contributed by atoms with Crippen molar-refractivity contribution in [1.29, 1.82) is 0 Å². The number of hydroxylamine groups is 2. The first-order valence-corrected chi connectivity index (χ1v) is 9.77. The zero-order chi connectivity index (χ0) is 19.4. The zero-order valence-corrected chi connectivity index (χ0v) is 16.5. The molecule has 27 heavy (non-hydrogen) atoms. The Hall–Kier alpha value is -1.92. The molecular weight excluding hydrogens is 344 g/mol. The molecule has 0 aliphatic carbocycles. The minimum atomic E-state index is -0.415. The molecule has 0 radical (unpaired) electrons. The van der Waals surface area contributed by atoms with Crippen LogP contribution in [0.1, 0.15) is 44.0 Å². The molecule has 148 valence electrons. The van der Waals surface area contributed by atoms with Gasteiger partial charge in [0.2, 0.25) is 0 Å². The molecule has 2 heterocycles. The third kappa shape index (κ3) is 5.78. The number of hydrogen-bond acceptors (Lipinski definition) is 6. The standard InChI is InChI=1S/C21H30N2O4/c1-21(2,3)26-19(24)18-14-22(15-18)13-16-9-11-23(12-10-16)27-20(25)17-7-5-4-6-8-17/h4-8,16,18H,9-15H2,1-3H3. The first kappa shape index (κ1) is 19.8. The zero-order valence-electron chi connectivity index (χ0n) is 16.5. The van der Waals surface area contributed by atoms with Gasteiger partial charge >= 0.3 is 11.9 Å². The van der Waals surface area contributed by atoms with Gasteiger partial charge in [-0.05, 0) is 51.7 Å². The van der Waals surface area contributed by atoms with E-state index in [1.165, 1.54) is 0 Å². The smallest absolute Gasteiger partial charge is 0.357 e. The van der Waals surface area contributed by atoms with Gasteiger partial charge in [0.25, 0.3) is 0 Å². The fraction of sp³-hybridized carbons (Fsp3) is 0.619. The van der Waals surface area contributed by atoms with Crippen molar-refractivity contribution in [2.45, 2.75) is 39.2 Å². The Morgan fingerprint density at radius 3 is 2.30 bits per heavy atom. The summed E-state index contributed by atoms with van der Waals surface area (Å²) in [6.45, 7) is 9.80. The Balaban J connectivity index is 1.34. The predicted octanol–water partition coefficient (Wildman–Crippen LogP) is 2.74. The number of nitrogens with zero attached hydrogens (tertiary/aromatic N) is 2. The molecule has 3 rings (SSSR count). The molecule has 0 spiro atoms. The van der Waals surface area contributed by atoms with Crippen molar-refractivity contribution >= 4 is 11.9 Å². The lowest BCUT2D eigenvalue weighted by molar-refractivity contribution is -0.166. The van der Waals surface area contributed by atoms with Crippen LogP contribution in [0.4, 0.5) is 0 Å². The highest BCUT2D eigenvalue weighted by Crippen LogP contribution is 2.25. The summed E-state index contributed by atoms with van der Waals surface area (Å²) in [6, 6.07) is 9.08. The molecule has 0 unspecified atom stereocenters. The van der Waals surface area contributed by atoms with Gasteiger partial charge in [-0.15, -0.1) is 5.06 Å². The van der Waals surface area contributed by atoms with E-state index >= 15 is 0 Å². The summed E-state index contributed by atoms with van der Waals surface area (Å²) in [5.74, 6) is 0.214. The highest BCUT2D eigenvalue weighted by atomic mass is 16.7. The summed E-state index contributed by atoms with van der Waals surface area (Å²) in [5.41, 5.74) is 0.162. The number of likely N-dealkylation sites (tertiary alicyclic amines) is 1. The third-order valence-corrected chi connectivity index (χ3v) is 5.01. The summed E-state index contributed by atoms with van der Waals surface area (Å²) in [7, 11) is 0. The van der Waals surface area contributed by atoms with Crippen LogP contribution < -0.4 is 0 Å². The van der Waals surface area contributed by atoms with Crippen molar-refractivity contribution in [3.05, 3.63) is 35.9 Å². The normalized spacial score (nSPS) is 20.1. The molecule has 0 saturated carbocycles. The number of esters is 1. The van der Waals surface area contributed by atoms with E-state index in [0.29, 0.717) is 11.5 Å². The Bertz CT molecular complexity index is 642. The van der Waals surface area contributed by atoms with Crippen LogP contribution in [-0.2, 0) is 14.4 Å². The second-order valence-electron chi connectivity index (χ2n) is 8.57. The number of carbonyl (C=O) groups excluding carboxylic acids is 2. The van der Waals surface area contributed by atoms with E-state index in [1.54, 1.807) is 17.2 Å². The van der Waals surface area contributed by atoms with E-state index in [9.17, 15) is 9.59 Å². The van der Waals surface area contributed by atoms with Crippen LogP contribution in [0.15, 0.2) is 30.3 Å². The Kier molecular flexibility index (Phi) is 6.17. The van der Waals surface area contributed by atoms with Crippen LogP contribution in [0.3, 0.4) is 0 Å². The molecule has 1 aromatic carbocycles. The van der Waals surface area contributed by atoms with Gasteiger partial charge in [-0.1, -0.05) is 18.2 Å². The number of carbonyl (C=O) groups is 2. The minimum absolute atomic E-state index is 0.0103. The maximum absolute atomic E-state index is 12.1. The van der Waals surface area contributed by atoms with Crippen LogP contribution >= 0.6 is 0 Å². The molecule has 0 atom stereocenters. The fourth-order valence-corrected chi connectivity index (χ4v) is 3.55. The predicted molar refractivity (Wildman–Crippen MR) is 102 cm³/mol. The van der Waals surface area contributed by atoms with Crippen LogP contribution in [0.25, 0.3) is 0 Å². The quantitative estimate of drug-likeness (QED) is 0.739. The molecular formula is C21H30N2O4. The molecule has 2 aliphatic heterocycles. The fourth-order valence-electron chi connectivity index (χ4n) is 3.55. The lowest BCUT2D eigenvalue weighted by atomic mass is 9.93. The monoisotopic (exact) mass is 374 g/mol. The summed E-state index contributed by atoms with van der Waals surface area (Å²) in [6.07, 6.45) is 1.99. The molecule has 6 nitrogen and oxygen atoms in total. The van der Waals surface area contributed by atoms with Gasteiger partial charge in [0.15, 0.2) is 0 Å². The summed E-state index contributed by atoms with van der Waals surface area (Å²) in [4.78, 5) is 32.0. The second-order valence-corrected chi connectivity index (χ2v) is 8.57. The average molecular weight is 374 g/mol. The van der Waals surface area contributed by atoms with Gasteiger partial charge in [-0.2, -0.15) is 0 Å². The molecule has 2 aliphatic rings. The van der Waals surface area contributed by atoms with Gasteiger partial charge < -0.3 is 14.5 Å². The van der Waals surface area contributed by atoms with Crippen molar-refractivity contribution in [2.24, 2.45) is 11.8 Å². The van der Waals surface area contributed by atoms with E-state index in [1.807, 2.05) is 39.0 Å². The average Bonchev–Trinajstić information content (AvgIpc) is 2.58. The number of ether oxygens (including phenoxy) is 1. The summed E-state index contributed by atoms with van der Waals surface area (Å²) in [5, 5.41) is 1.77. The van der Waals surface area contributed by atoms with Gasteiger partial charge in [0.05, 0.1) is 11.5 Å². The summed E-state index contributed by atoms with van der Waals surface area (Å²) >= 11 is 0. The van der Waals surface area contributed by atoms with Crippen LogP contribution in [0.2, 0.25) is 0 Å². The molecule has 0 amide bonds. The van der Waals surface area contributed by atoms with Gasteiger partial charge in [0.1, 0.15) is 5.60 Å². The molecule has 0 N–H and O–H groups in total. The molecule has 1 aromatic rings. The minimum Gasteiger partial charge on any atom is -0.460 e. The van der Waals surface area contributed by atoms with E-state index in [4.69, 9.17) is 9.57 Å². The second kappa shape index (κ2) is 8.40. The van der Waals surface area contributed by atoms with Crippen molar-refractivity contribution in [1.82, 2.24) is 9.96 Å². The van der Waals surface area contributed by atoms with E-state index in [2.05, 4.69) is 4.90 Å². The van der Waals surface area contributed by atoms with Crippen molar-refractivity contribution < 1.29 is 19.2 Å². The van der Waals surface area contributed by atoms with Crippen LogP contribution in [0, 0.1) is 11.8 Å². The highest BCUT2D eigenvalue weighted by Gasteiger charge is 2.37. The molecule has 0 bridgehead atoms. The van der Waals surface area contributed by atoms with Crippen LogP contribution in [0.5, 0.6) is 0 Å². The Morgan fingerprint density at radius 1 is 1.07 bits per heavy atom. The first-order chi connectivity index (χ1) is 12.8. The van der Waals surface area contributed by atoms with Gasteiger partial charge in [-0.3, -0.25) is 4.79 Å². The molecule has 0 aromatic heterocycles. The van der Waals surface area contributed by atoms with Crippen molar-refractivity contribution in [3.63, 3.8) is 0 Å². The third-order valence-electron chi connectivity index (χ3n) is 5.01. The first-order valence-electron chi connectivity index (χ1n) is 9.77. The van der Waals surface area contributed by atoms with Gasteiger partial charge in [-0.25, -0.2) is 4.79 Å². The SMILES string of the molecule is CC(C)(C)OC(=O)C1CN(CC2CCN(OC(=O)c3ccccc3)CC2)C1. The topological polar surface area (TPSA) is 59.1 Å². The van der Waals surface area contributed by atoms with E-state index < -0.39 is 5.60 Å². The number of benzene rings is 1. The maximum atomic E-state index is 12.1. The number of hydrogen-bond donors (Lipinski definition) is 0. The van der Waals surface area contributed by atoms with Gasteiger partial charge in [0, 0.05) is 32.7 Å². The highest BCUT2D eigenvalue weighted by molar-refractivity contribution is 5.89. The van der Waals surface area contributed by atoms with Crippen molar-refractivity contribution in [2.75, 3.05) is 32.7 Å². The maximum Gasteiger partial charge on any atom is 0.357 e. The Morgan fingerprint density at radius 2 is 1.70 bits per heavy atom. The molecule has 2 saturated heterocycles. The largest absolute Gasteiger partial charge is 0.460 e. The van der Waals surface area contributed by atoms with Crippen molar-refractivity contribution in [3.8, 4) is 0 Å². The molecule has 6 heteroatoms. The van der Waals surface area contributed by atoms with Crippen LogP contribution in [-0.4, -0.2) is 60.2 Å². The Labute approximate surface area is 161 Å². The lowest BCUT2D eigenvalue weighted by Crippen LogP contribution is -2.53. The number of rotatable bonds is 5. The lowest BCUT2D eigenvalue weighted by Gasteiger charge is -2.42.